The monoisotopic (exact) mass is 465 g/mol. The molecule has 2 heterocycles. The molecule has 166 valence electrons. The van der Waals surface area contributed by atoms with Crippen LogP contribution in [0.2, 0.25) is 0 Å². The number of furan rings is 1. The van der Waals surface area contributed by atoms with Gasteiger partial charge < -0.3 is 4.42 Å². The van der Waals surface area contributed by atoms with E-state index in [0.29, 0.717) is 22.6 Å². The summed E-state index contributed by atoms with van der Waals surface area (Å²) in [6, 6.07) is 27.1. The van der Waals surface area contributed by atoms with Gasteiger partial charge in [0.15, 0.2) is 5.76 Å². The highest BCUT2D eigenvalue weighted by Crippen LogP contribution is 2.32. The van der Waals surface area contributed by atoms with E-state index in [-0.39, 0.29) is 9.80 Å². The molecule has 0 amide bonds. The predicted octanol–water partition coefficient (Wildman–Crippen LogP) is 5.93. The summed E-state index contributed by atoms with van der Waals surface area (Å²) in [5, 5.41) is 15.4. The van der Waals surface area contributed by atoms with Crippen molar-refractivity contribution < 1.29 is 12.8 Å². The summed E-state index contributed by atoms with van der Waals surface area (Å²) in [5.74, 6) is 0.479. The van der Waals surface area contributed by atoms with Crippen LogP contribution in [0.1, 0.15) is 11.1 Å². The second kappa shape index (κ2) is 8.50. The Kier molecular flexibility index (Phi) is 5.36. The lowest BCUT2D eigenvalue weighted by Crippen LogP contribution is -2.03. The normalized spacial score (nSPS) is 12.1. The molecule has 5 rings (SSSR count). The van der Waals surface area contributed by atoms with Crippen LogP contribution in [0.4, 0.5) is 0 Å². The summed E-state index contributed by atoms with van der Waals surface area (Å²) in [7, 11) is -4.01. The van der Waals surface area contributed by atoms with Crippen LogP contribution in [-0.2, 0) is 9.84 Å². The number of nitriles is 1. The highest BCUT2D eigenvalue weighted by molar-refractivity contribution is 7.95. The third kappa shape index (κ3) is 3.91. The SMILES string of the molecule is Cc1ccc(S(=O)(=O)C(C#N)=Cc2cn(-c3ccccc3)nc2-c2cc3ccccc3o2)cc1. The molecule has 0 saturated heterocycles. The molecule has 0 aliphatic carbocycles. The average Bonchev–Trinajstić information content (AvgIpc) is 3.47. The molecule has 5 aromatic rings. The molecule has 0 unspecified atom stereocenters. The Balaban J connectivity index is 1.69. The van der Waals surface area contributed by atoms with Crippen LogP contribution in [0.3, 0.4) is 0 Å². The van der Waals surface area contributed by atoms with Crippen molar-refractivity contribution in [1.29, 1.82) is 5.26 Å². The Labute approximate surface area is 196 Å². The van der Waals surface area contributed by atoms with E-state index >= 15 is 0 Å². The molecule has 0 aliphatic rings. The molecule has 2 aromatic heterocycles. The Morgan fingerprint density at radius 3 is 2.41 bits per heavy atom. The Morgan fingerprint density at radius 2 is 1.71 bits per heavy atom. The van der Waals surface area contributed by atoms with Gasteiger partial charge in [0.1, 0.15) is 22.3 Å². The molecule has 0 spiro atoms. The lowest BCUT2D eigenvalue weighted by atomic mass is 10.2. The number of aryl methyl sites for hydroxylation is 1. The number of fused-ring (bicyclic) bond motifs is 1. The van der Waals surface area contributed by atoms with Gasteiger partial charge in [0, 0.05) is 17.1 Å². The van der Waals surface area contributed by atoms with Gasteiger partial charge >= 0.3 is 0 Å². The number of benzene rings is 3. The molecule has 34 heavy (non-hydrogen) atoms. The molecule has 0 bridgehead atoms. The average molecular weight is 466 g/mol. The van der Waals surface area contributed by atoms with E-state index in [0.717, 1.165) is 16.6 Å². The van der Waals surface area contributed by atoms with Crippen molar-refractivity contribution in [2.45, 2.75) is 11.8 Å². The zero-order valence-corrected chi connectivity index (χ0v) is 19.0. The summed E-state index contributed by atoms with van der Waals surface area (Å²) in [6.45, 7) is 1.87. The first-order chi connectivity index (χ1) is 16.5. The molecule has 0 atom stereocenters. The lowest BCUT2D eigenvalue weighted by Gasteiger charge is -2.03. The Bertz CT molecular complexity index is 1640. The summed E-state index contributed by atoms with van der Waals surface area (Å²) in [5.41, 5.74) is 3.30. The van der Waals surface area contributed by atoms with Crippen molar-refractivity contribution in [2.24, 2.45) is 0 Å². The largest absolute Gasteiger partial charge is 0.454 e. The topological polar surface area (TPSA) is 88.9 Å². The number of aromatic nitrogens is 2. The van der Waals surface area contributed by atoms with Crippen LogP contribution in [0.25, 0.3) is 34.2 Å². The van der Waals surface area contributed by atoms with Crippen molar-refractivity contribution in [3.63, 3.8) is 0 Å². The smallest absolute Gasteiger partial charge is 0.216 e. The minimum Gasteiger partial charge on any atom is -0.454 e. The number of hydrogen-bond donors (Lipinski definition) is 0. The fourth-order valence-electron chi connectivity index (χ4n) is 3.65. The maximum Gasteiger partial charge on any atom is 0.216 e. The summed E-state index contributed by atoms with van der Waals surface area (Å²) in [4.78, 5) is -0.312. The van der Waals surface area contributed by atoms with E-state index in [9.17, 15) is 13.7 Å². The van der Waals surface area contributed by atoms with Gasteiger partial charge in [-0.3, -0.25) is 0 Å². The van der Waals surface area contributed by atoms with Crippen LogP contribution in [0.15, 0.2) is 105 Å². The maximum atomic E-state index is 13.2. The van der Waals surface area contributed by atoms with Gasteiger partial charge in [0.25, 0.3) is 0 Å². The second-order valence-electron chi connectivity index (χ2n) is 7.80. The highest BCUT2D eigenvalue weighted by atomic mass is 32.2. The Hall–Kier alpha value is -4.41. The molecular formula is C27H19N3O3S. The highest BCUT2D eigenvalue weighted by Gasteiger charge is 2.23. The van der Waals surface area contributed by atoms with Gasteiger partial charge in [-0.15, -0.1) is 0 Å². The van der Waals surface area contributed by atoms with Crippen LogP contribution in [-0.4, -0.2) is 18.2 Å². The molecule has 0 saturated carbocycles. The van der Waals surface area contributed by atoms with E-state index < -0.39 is 9.84 Å². The zero-order chi connectivity index (χ0) is 23.7. The zero-order valence-electron chi connectivity index (χ0n) is 18.2. The minimum absolute atomic E-state index is 0.0617. The molecule has 6 nitrogen and oxygen atoms in total. The van der Waals surface area contributed by atoms with Gasteiger partial charge in [0.2, 0.25) is 9.84 Å². The number of nitrogens with zero attached hydrogens (tertiary/aromatic N) is 3. The van der Waals surface area contributed by atoms with Crippen molar-refractivity contribution in [1.82, 2.24) is 9.78 Å². The minimum atomic E-state index is -4.01. The van der Waals surface area contributed by atoms with Crippen LogP contribution < -0.4 is 0 Å². The van der Waals surface area contributed by atoms with E-state index in [4.69, 9.17) is 4.42 Å². The quantitative estimate of drug-likeness (QED) is 0.300. The van der Waals surface area contributed by atoms with Crippen LogP contribution in [0, 0.1) is 18.3 Å². The van der Waals surface area contributed by atoms with Crippen molar-refractivity contribution >= 4 is 26.9 Å². The first-order valence-corrected chi connectivity index (χ1v) is 12.0. The fourth-order valence-corrected chi connectivity index (χ4v) is 4.80. The first kappa shape index (κ1) is 21.4. The maximum absolute atomic E-state index is 13.2. The number of para-hydroxylation sites is 2. The molecule has 3 aromatic carbocycles. The number of allylic oxidation sites excluding steroid dienone is 1. The number of hydrogen-bond acceptors (Lipinski definition) is 5. The first-order valence-electron chi connectivity index (χ1n) is 10.5. The fraction of sp³-hybridized carbons (Fsp3) is 0.0370. The van der Waals surface area contributed by atoms with E-state index in [1.165, 1.54) is 18.2 Å². The van der Waals surface area contributed by atoms with Gasteiger partial charge in [-0.1, -0.05) is 54.1 Å². The van der Waals surface area contributed by atoms with E-state index in [1.807, 2.05) is 73.7 Å². The molecule has 7 heteroatoms. The van der Waals surface area contributed by atoms with Gasteiger partial charge in [-0.05, 0) is 49.4 Å². The summed E-state index contributed by atoms with van der Waals surface area (Å²) < 4.78 is 34.1. The van der Waals surface area contributed by atoms with Crippen molar-refractivity contribution in [2.75, 3.05) is 0 Å². The standard InChI is InChI=1S/C27H19N3O3S/c1-19-11-13-23(14-12-19)34(31,32)24(17-28)15-21-18-30(22-8-3-2-4-9-22)29-27(21)26-16-20-7-5-6-10-25(20)33-26/h2-16,18H,1H3. The lowest BCUT2D eigenvalue weighted by molar-refractivity contribution is 0.603. The predicted molar refractivity (Wildman–Crippen MR) is 131 cm³/mol. The summed E-state index contributed by atoms with van der Waals surface area (Å²) in [6.07, 6.45) is 3.05. The van der Waals surface area contributed by atoms with Crippen LogP contribution in [0.5, 0.6) is 0 Å². The third-order valence-corrected chi connectivity index (χ3v) is 7.12. The number of rotatable bonds is 5. The molecule has 0 N–H and O–H groups in total. The second-order valence-corrected chi connectivity index (χ2v) is 9.72. The third-order valence-electron chi connectivity index (χ3n) is 5.44. The Morgan fingerprint density at radius 1 is 1.00 bits per heavy atom. The van der Waals surface area contributed by atoms with Gasteiger partial charge in [-0.2, -0.15) is 10.4 Å². The summed E-state index contributed by atoms with van der Waals surface area (Å²) >= 11 is 0. The molecule has 0 aliphatic heterocycles. The van der Waals surface area contributed by atoms with E-state index in [2.05, 4.69) is 5.10 Å². The molecule has 0 radical (unpaired) electrons. The number of sulfone groups is 1. The molecular weight excluding hydrogens is 446 g/mol. The molecule has 0 fully saturated rings. The van der Waals surface area contributed by atoms with E-state index in [1.54, 1.807) is 23.0 Å². The van der Waals surface area contributed by atoms with Crippen molar-refractivity contribution in [3.8, 4) is 23.2 Å². The van der Waals surface area contributed by atoms with Gasteiger partial charge in [-0.25, -0.2) is 13.1 Å². The van der Waals surface area contributed by atoms with Crippen molar-refractivity contribution in [3.05, 3.63) is 107 Å². The van der Waals surface area contributed by atoms with Crippen LogP contribution >= 0.6 is 0 Å². The van der Waals surface area contributed by atoms with Gasteiger partial charge in [0.05, 0.1) is 10.6 Å².